The number of nitrogens with one attached hydrogen (secondary N) is 1. The van der Waals surface area contributed by atoms with Crippen molar-refractivity contribution in [1.29, 1.82) is 0 Å². The molecule has 1 saturated heterocycles. The van der Waals surface area contributed by atoms with E-state index in [1.54, 1.807) is 12.1 Å². The SMILES string of the molecule is Nc1ccccc1NC(=O)c1ccc(O[C@H]2CCCN(CC3CCCCC3)CC2)cc1. The third kappa shape index (κ3) is 6.23. The number of hydrogen-bond donors (Lipinski definition) is 2. The van der Waals surface area contributed by atoms with Gasteiger partial charge in [-0.05, 0) is 81.0 Å². The number of carbonyl (C=O) groups is 1. The Labute approximate surface area is 186 Å². The number of nitrogen functional groups attached to an aromatic ring is 1. The number of ether oxygens (including phenoxy) is 1. The fourth-order valence-electron chi connectivity index (χ4n) is 4.84. The first-order chi connectivity index (χ1) is 15.2. The first-order valence-corrected chi connectivity index (χ1v) is 11.8. The second kappa shape index (κ2) is 10.7. The van der Waals surface area contributed by atoms with Gasteiger partial charge in [0.25, 0.3) is 5.91 Å². The topological polar surface area (TPSA) is 67.6 Å². The molecule has 4 rings (SSSR count). The van der Waals surface area contributed by atoms with E-state index in [4.69, 9.17) is 10.5 Å². The van der Waals surface area contributed by atoms with Crippen LogP contribution in [-0.4, -0.2) is 36.5 Å². The summed E-state index contributed by atoms with van der Waals surface area (Å²) < 4.78 is 6.27. The van der Waals surface area contributed by atoms with Gasteiger partial charge < -0.3 is 20.7 Å². The Morgan fingerprint density at radius 2 is 1.71 bits per heavy atom. The van der Waals surface area contributed by atoms with Gasteiger partial charge in [0.15, 0.2) is 0 Å². The van der Waals surface area contributed by atoms with Crippen molar-refractivity contribution in [3.05, 3.63) is 54.1 Å². The van der Waals surface area contributed by atoms with E-state index in [2.05, 4.69) is 10.2 Å². The number of carbonyl (C=O) groups excluding carboxylic acids is 1. The van der Waals surface area contributed by atoms with Crippen molar-refractivity contribution in [1.82, 2.24) is 4.90 Å². The maximum Gasteiger partial charge on any atom is 0.255 e. The number of para-hydroxylation sites is 2. The molecule has 1 saturated carbocycles. The van der Waals surface area contributed by atoms with Gasteiger partial charge in [0.05, 0.1) is 17.5 Å². The minimum Gasteiger partial charge on any atom is -0.490 e. The minimum absolute atomic E-state index is 0.169. The van der Waals surface area contributed by atoms with Crippen LogP contribution in [0.3, 0.4) is 0 Å². The van der Waals surface area contributed by atoms with E-state index < -0.39 is 0 Å². The van der Waals surface area contributed by atoms with Crippen molar-refractivity contribution in [2.75, 3.05) is 30.7 Å². The van der Waals surface area contributed by atoms with Crippen molar-refractivity contribution in [2.24, 2.45) is 5.92 Å². The summed E-state index contributed by atoms with van der Waals surface area (Å²) in [6.07, 6.45) is 10.7. The molecule has 1 atom stereocenters. The number of amides is 1. The number of hydrogen-bond acceptors (Lipinski definition) is 4. The summed E-state index contributed by atoms with van der Waals surface area (Å²) in [7, 11) is 0. The highest BCUT2D eigenvalue weighted by molar-refractivity contribution is 6.05. The lowest BCUT2D eigenvalue weighted by Gasteiger charge is -2.28. The Bertz CT molecular complexity index is 846. The summed E-state index contributed by atoms with van der Waals surface area (Å²) >= 11 is 0. The molecule has 0 unspecified atom stereocenters. The molecule has 3 N–H and O–H groups in total. The van der Waals surface area contributed by atoms with Crippen molar-refractivity contribution < 1.29 is 9.53 Å². The molecule has 1 heterocycles. The number of anilines is 2. The molecule has 1 aliphatic heterocycles. The quantitative estimate of drug-likeness (QED) is 0.618. The molecule has 0 radical (unpaired) electrons. The maximum absolute atomic E-state index is 12.5. The van der Waals surface area contributed by atoms with E-state index in [9.17, 15) is 4.79 Å². The largest absolute Gasteiger partial charge is 0.490 e. The maximum atomic E-state index is 12.5. The van der Waals surface area contributed by atoms with E-state index in [1.807, 2.05) is 36.4 Å². The zero-order chi connectivity index (χ0) is 21.5. The highest BCUT2D eigenvalue weighted by Gasteiger charge is 2.22. The summed E-state index contributed by atoms with van der Waals surface area (Å²) in [4.78, 5) is 15.2. The predicted molar refractivity (Wildman–Crippen MR) is 127 cm³/mol. The lowest BCUT2D eigenvalue weighted by atomic mass is 9.89. The predicted octanol–water partition coefficient (Wildman–Crippen LogP) is 5.33. The zero-order valence-electron chi connectivity index (χ0n) is 18.4. The number of nitrogens with two attached hydrogens (primary N) is 1. The number of nitrogens with zero attached hydrogens (tertiary/aromatic N) is 1. The summed E-state index contributed by atoms with van der Waals surface area (Å²) in [5.74, 6) is 1.56. The van der Waals surface area contributed by atoms with Crippen molar-refractivity contribution in [3.8, 4) is 5.75 Å². The van der Waals surface area contributed by atoms with Gasteiger partial charge in [-0.25, -0.2) is 0 Å². The van der Waals surface area contributed by atoms with E-state index in [1.165, 1.54) is 51.6 Å². The molecule has 2 aliphatic rings. The van der Waals surface area contributed by atoms with Gasteiger partial charge in [0.2, 0.25) is 0 Å². The van der Waals surface area contributed by atoms with Crippen LogP contribution in [0.15, 0.2) is 48.5 Å². The Hall–Kier alpha value is -2.53. The summed E-state index contributed by atoms with van der Waals surface area (Å²) in [6, 6.07) is 14.7. The molecule has 0 aromatic heterocycles. The number of rotatable bonds is 6. The number of likely N-dealkylation sites (tertiary alicyclic amines) is 1. The molecule has 1 aliphatic carbocycles. The molecule has 0 bridgehead atoms. The Morgan fingerprint density at radius 3 is 2.48 bits per heavy atom. The first kappa shape index (κ1) is 21.7. The molecule has 0 spiro atoms. The van der Waals surface area contributed by atoms with E-state index in [0.29, 0.717) is 16.9 Å². The van der Waals surface area contributed by atoms with Gasteiger partial charge in [-0.1, -0.05) is 31.4 Å². The minimum atomic E-state index is -0.169. The van der Waals surface area contributed by atoms with Crippen LogP contribution in [0.25, 0.3) is 0 Å². The van der Waals surface area contributed by atoms with Crippen LogP contribution in [-0.2, 0) is 0 Å². The summed E-state index contributed by atoms with van der Waals surface area (Å²) in [6.45, 7) is 3.58. The lowest BCUT2D eigenvalue weighted by Crippen LogP contribution is -2.32. The standard InChI is InChI=1S/C26H35N3O2/c27-24-10-4-5-11-25(24)28-26(30)21-12-14-23(15-13-21)31-22-9-6-17-29(18-16-22)19-20-7-2-1-3-8-20/h4-5,10-15,20,22H,1-3,6-9,16-19,27H2,(H,28,30)/t22-/m0/s1. The van der Waals surface area contributed by atoms with Crippen LogP contribution in [0.1, 0.15) is 61.7 Å². The van der Waals surface area contributed by atoms with E-state index in [-0.39, 0.29) is 12.0 Å². The average molecular weight is 422 g/mol. The van der Waals surface area contributed by atoms with Crippen molar-refractivity contribution >= 4 is 17.3 Å². The molecule has 2 fully saturated rings. The van der Waals surface area contributed by atoms with Crippen molar-refractivity contribution in [3.63, 3.8) is 0 Å². The van der Waals surface area contributed by atoms with E-state index >= 15 is 0 Å². The third-order valence-electron chi connectivity index (χ3n) is 6.64. The second-order valence-electron chi connectivity index (χ2n) is 9.04. The van der Waals surface area contributed by atoms with Gasteiger partial charge in [-0.2, -0.15) is 0 Å². The fraction of sp³-hybridized carbons (Fsp3) is 0.500. The van der Waals surface area contributed by atoms with Gasteiger partial charge in [-0.3, -0.25) is 4.79 Å². The Balaban J connectivity index is 1.26. The molecular weight excluding hydrogens is 386 g/mol. The zero-order valence-corrected chi connectivity index (χ0v) is 18.4. The molecule has 166 valence electrons. The molecule has 5 nitrogen and oxygen atoms in total. The monoisotopic (exact) mass is 421 g/mol. The highest BCUT2D eigenvalue weighted by Crippen LogP contribution is 2.26. The molecule has 31 heavy (non-hydrogen) atoms. The molecule has 1 amide bonds. The van der Waals surface area contributed by atoms with Crippen LogP contribution in [0.2, 0.25) is 0 Å². The fourth-order valence-corrected chi connectivity index (χ4v) is 4.84. The van der Waals surface area contributed by atoms with Gasteiger partial charge in [-0.15, -0.1) is 0 Å². The smallest absolute Gasteiger partial charge is 0.255 e. The molecule has 5 heteroatoms. The molecule has 2 aromatic carbocycles. The van der Waals surface area contributed by atoms with Gasteiger partial charge >= 0.3 is 0 Å². The summed E-state index contributed by atoms with van der Waals surface area (Å²) in [5, 5.41) is 2.86. The van der Waals surface area contributed by atoms with Crippen LogP contribution in [0.5, 0.6) is 5.75 Å². The molecular formula is C26H35N3O2. The lowest BCUT2D eigenvalue weighted by molar-refractivity contribution is 0.102. The van der Waals surface area contributed by atoms with Crippen LogP contribution < -0.4 is 15.8 Å². The third-order valence-corrected chi connectivity index (χ3v) is 6.64. The van der Waals surface area contributed by atoms with E-state index in [0.717, 1.165) is 31.1 Å². The molecule has 2 aromatic rings. The summed E-state index contributed by atoms with van der Waals surface area (Å²) in [5.41, 5.74) is 7.69. The Morgan fingerprint density at radius 1 is 0.935 bits per heavy atom. The Kier molecular flexibility index (Phi) is 7.47. The normalized spacial score (nSPS) is 20.7. The van der Waals surface area contributed by atoms with Crippen LogP contribution in [0, 0.1) is 5.92 Å². The number of benzene rings is 2. The highest BCUT2D eigenvalue weighted by atomic mass is 16.5. The van der Waals surface area contributed by atoms with Crippen LogP contribution >= 0.6 is 0 Å². The average Bonchev–Trinajstić information content (AvgIpc) is 3.01. The second-order valence-corrected chi connectivity index (χ2v) is 9.04. The van der Waals surface area contributed by atoms with Gasteiger partial charge in [0.1, 0.15) is 5.75 Å². The van der Waals surface area contributed by atoms with Gasteiger partial charge in [0, 0.05) is 18.7 Å². The van der Waals surface area contributed by atoms with Crippen LogP contribution in [0.4, 0.5) is 11.4 Å². The first-order valence-electron chi connectivity index (χ1n) is 11.8. The van der Waals surface area contributed by atoms with Crippen molar-refractivity contribution in [2.45, 2.75) is 57.5 Å².